The predicted molar refractivity (Wildman–Crippen MR) is 47.5 cm³/mol. The van der Waals surface area contributed by atoms with Crippen LogP contribution in [0.15, 0.2) is 12.2 Å². The SMILES string of the molecule is O=C(OS)C1CC2C=CC1S2. The molecular weight excluding hydrogens is 180 g/mol. The van der Waals surface area contributed by atoms with Crippen LogP contribution in [0.25, 0.3) is 0 Å². The predicted octanol–water partition coefficient (Wildman–Crippen LogP) is 1.43. The molecule has 1 saturated heterocycles. The van der Waals surface area contributed by atoms with Gasteiger partial charge in [0.15, 0.2) is 0 Å². The molecule has 0 N–H and O–H groups in total. The molecule has 60 valence electrons. The zero-order chi connectivity index (χ0) is 7.84. The molecule has 0 aromatic carbocycles. The summed E-state index contributed by atoms with van der Waals surface area (Å²) in [6, 6.07) is 0. The maximum absolute atomic E-state index is 11.1. The van der Waals surface area contributed by atoms with Gasteiger partial charge in [-0.1, -0.05) is 12.2 Å². The van der Waals surface area contributed by atoms with Gasteiger partial charge in [0.25, 0.3) is 0 Å². The average Bonchev–Trinajstić information content (AvgIpc) is 2.62. The zero-order valence-corrected chi connectivity index (χ0v) is 7.48. The van der Waals surface area contributed by atoms with Crippen LogP contribution in [-0.4, -0.2) is 16.5 Å². The van der Waals surface area contributed by atoms with Gasteiger partial charge in [0.05, 0.1) is 5.92 Å². The summed E-state index contributed by atoms with van der Waals surface area (Å²) in [4.78, 5) is 11.1. The fourth-order valence-electron chi connectivity index (χ4n) is 1.57. The number of thiol groups is 1. The summed E-state index contributed by atoms with van der Waals surface area (Å²) in [5.74, 6) is -0.134. The molecule has 2 aliphatic rings. The van der Waals surface area contributed by atoms with Crippen molar-refractivity contribution < 1.29 is 8.98 Å². The van der Waals surface area contributed by atoms with Gasteiger partial charge in [0.1, 0.15) is 0 Å². The second-order valence-corrected chi connectivity index (χ2v) is 4.38. The Balaban J connectivity index is 2.08. The van der Waals surface area contributed by atoms with Crippen molar-refractivity contribution in [3.05, 3.63) is 12.2 Å². The Kier molecular flexibility index (Phi) is 1.89. The molecule has 3 atom stereocenters. The molecule has 0 saturated carbocycles. The molecule has 2 bridgehead atoms. The summed E-state index contributed by atoms with van der Waals surface area (Å²) in [6.07, 6.45) is 5.18. The number of rotatable bonds is 1. The smallest absolute Gasteiger partial charge is 0.322 e. The van der Waals surface area contributed by atoms with Crippen molar-refractivity contribution in [2.75, 3.05) is 0 Å². The fourth-order valence-corrected chi connectivity index (χ4v) is 3.20. The highest BCUT2D eigenvalue weighted by molar-refractivity contribution is 8.01. The van der Waals surface area contributed by atoms with Crippen LogP contribution in [0.2, 0.25) is 0 Å². The summed E-state index contributed by atoms with van der Waals surface area (Å²) in [6.45, 7) is 0. The Labute approximate surface area is 75.0 Å². The molecule has 3 unspecified atom stereocenters. The van der Waals surface area contributed by atoms with E-state index in [1.807, 2.05) is 11.8 Å². The molecule has 2 aliphatic heterocycles. The molecule has 0 amide bonds. The van der Waals surface area contributed by atoms with Crippen LogP contribution < -0.4 is 0 Å². The monoisotopic (exact) mass is 188 g/mol. The van der Waals surface area contributed by atoms with Crippen molar-refractivity contribution in [1.29, 1.82) is 0 Å². The normalized spacial score (nSPS) is 39.5. The highest BCUT2D eigenvalue weighted by Gasteiger charge is 2.41. The molecule has 0 aromatic rings. The van der Waals surface area contributed by atoms with Crippen molar-refractivity contribution in [2.45, 2.75) is 16.9 Å². The van der Waals surface area contributed by atoms with E-state index in [9.17, 15) is 4.79 Å². The Hall–Kier alpha value is -0.0900. The molecule has 0 aromatic heterocycles. The third-order valence-corrected chi connectivity index (χ3v) is 3.80. The largest absolute Gasteiger partial charge is 0.394 e. The second-order valence-electron chi connectivity index (χ2n) is 2.78. The van der Waals surface area contributed by atoms with E-state index in [1.54, 1.807) is 0 Å². The topological polar surface area (TPSA) is 26.3 Å². The number of fused-ring (bicyclic) bond motifs is 2. The third-order valence-electron chi connectivity index (χ3n) is 2.12. The zero-order valence-electron chi connectivity index (χ0n) is 5.77. The lowest BCUT2D eigenvalue weighted by Crippen LogP contribution is -2.22. The highest BCUT2D eigenvalue weighted by atomic mass is 32.2. The summed E-state index contributed by atoms with van der Waals surface area (Å²) in [7, 11) is 0. The first-order chi connectivity index (χ1) is 5.31. The summed E-state index contributed by atoms with van der Waals surface area (Å²) >= 11 is 5.34. The molecule has 1 fully saturated rings. The lowest BCUT2D eigenvalue weighted by atomic mass is 9.95. The van der Waals surface area contributed by atoms with Gasteiger partial charge in [-0.25, -0.2) is 0 Å². The van der Waals surface area contributed by atoms with Gasteiger partial charge < -0.3 is 4.18 Å². The quantitative estimate of drug-likeness (QED) is 0.383. The number of thioether (sulfide) groups is 1. The number of hydrogen-bond acceptors (Lipinski definition) is 4. The Bertz CT molecular complexity index is 214. The molecule has 0 radical (unpaired) electrons. The Morgan fingerprint density at radius 3 is 2.91 bits per heavy atom. The van der Waals surface area contributed by atoms with E-state index in [0.29, 0.717) is 10.5 Å². The van der Waals surface area contributed by atoms with Crippen molar-refractivity contribution in [1.82, 2.24) is 0 Å². The minimum atomic E-state index is -0.183. The van der Waals surface area contributed by atoms with Crippen molar-refractivity contribution in [2.24, 2.45) is 5.92 Å². The second kappa shape index (κ2) is 2.75. The van der Waals surface area contributed by atoms with E-state index in [0.717, 1.165) is 6.42 Å². The first-order valence-corrected chi connectivity index (χ1v) is 4.81. The fraction of sp³-hybridized carbons (Fsp3) is 0.571. The minimum absolute atomic E-state index is 0.0486. The van der Waals surface area contributed by atoms with E-state index >= 15 is 0 Å². The van der Waals surface area contributed by atoms with Gasteiger partial charge in [-0.05, 0) is 6.42 Å². The molecule has 2 heterocycles. The van der Waals surface area contributed by atoms with Crippen LogP contribution in [-0.2, 0) is 8.98 Å². The molecule has 2 nitrogen and oxygen atoms in total. The summed E-state index contributed by atoms with van der Waals surface area (Å²) in [5, 5.41) is 0.886. The van der Waals surface area contributed by atoms with Crippen LogP contribution >= 0.6 is 24.7 Å². The molecular formula is C7H8O2S2. The molecule has 4 heteroatoms. The maximum atomic E-state index is 11.1. The number of hydrogen-bond donors (Lipinski definition) is 1. The first-order valence-electron chi connectivity index (χ1n) is 3.50. The van der Waals surface area contributed by atoms with E-state index in [-0.39, 0.29) is 11.9 Å². The highest BCUT2D eigenvalue weighted by Crippen LogP contribution is 2.45. The summed E-state index contributed by atoms with van der Waals surface area (Å²) < 4.78 is 4.40. The van der Waals surface area contributed by atoms with Gasteiger partial charge in [-0.15, -0.1) is 11.8 Å². The molecule has 0 aliphatic carbocycles. The third kappa shape index (κ3) is 1.18. The van der Waals surface area contributed by atoms with Crippen molar-refractivity contribution in [3.8, 4) is 0 Å². The average molecular weight is 188 g/mol. The van der Waals surface area contributed by atoms with Crippen LogP contribution in [0.5, 0.6) is 0 Å². The van der Waals surface area contributed by atoms with E-state index in [4.69, 9.17) is 0 Å². The molecule has 11 heavy (non-hydrogen) atoms. The van der Waals surface area contributed by atoms with Gasteiger partial charge >= 0.3 is 5.97 Å². The summed E-state index contributed by atoms with van der Waals surface area (Å²) in [5.41, 5.74) is 0. The number of carbonyl (C=O) groups excluding carboxylic acids is 1. The number of carbonyl (C=O) groups is 1. The molecule has 2 rings (SSSR count). The van der Waals surface area contributed by atoms with Gasteiger partial charge in [-0.2, -0.15) is 0 Å². The lowest BCUT2D eigenvalue weighted by Gasteiger charge is -2.12. The van der Waals surface area contributed by atoms with Crippen LogP contribution in [0, 0.1) is 5.92 Å². The maximum Gasteiger partial charge on any atom is 0.322 e. The van der Waals surface area contributed by atoms with Gasteiger partial charge in [0, 0.05) is 23.4 Å². The van der Waals surface area contributed by atoms with Crippen molar-refractivity contribution in [3.63, 3.8) is 0 Å². The van der Waals surface area contributed by atoms with Gasteiger partial charge in [-0.3, -0.25) is 4.79 Å². The first kappa shape index (κ1) is 7.55. The Morgan fingerprint density at radius 2 is 2.45 bits per heavy atom. The van der Waals surface area contributed by atoms with Gasteiger partial charge in [0.2, 0.25) is 0 Å². The van der Waals surface area contributed by atoms with Crippen molar-refractivity contribution >= 4 is 30.6 Å². The van der Waals surface area contributed by atoms with Crippen LogP contribution in [0.1, 0.15) is 6.42 Å². The lowest BCUT2D eigenvalue weighted by molar-refractivity contribution is -0.137. The minimum Gasteiger partial charge on any atom is -0.394 e. The standard InChI is InChI=1S/C7H8O2S2/c8-7(9-10)5-3-4-1-2-6(5)11-4/h1-2,4-6,10H,3H2. The van der Waals surface area contributed by atoms with E-state index in [2.05, 4.69) is 29.2 Å². The van der Waals surface area contributed by atoms with Crippen LogP contribution in [0.4, 0.5) is 0 Å². The van der Waals surface area contributed by atoms with E-state index in [1.165, 1.54) is 0 Å². The molecule has 0 spiro atoms. The van der Waals surface area contributed by atoms with E-state index < -0.39 is 0 Å². The Morgan fingerprint density at radius 1 is 1.64 bits per heavy atom. The van der Waals surface area contributed by atoms with Crippen LogP contribution in [0.3, 0.4) is 0 Å².